The summed E-state index contributed by atoms with van der Waals surface area (Å²) in [5.41, 5.74) is 0.508. The van der Waals surface area contributed by atoms with Crippen LogP contribution in [0.5, 0.6) is 0 Å². The van der Waals surface area contributed by atoms with Gasteiger partial charge in [0.25, 0.3) is 11.5 Å². The van der Waals surface area contributed by atoms with E-state index in [0.29, 0.717) is 11.4 Å². The number of halogens is 1. The summed E-state index contributed by atoms with van der Waals surface area (Å²) >= 11 is 0. The summed E-state index contributed by atoms with van der Waals surface area (Å²) in [6.45, 7) is 1.72. The smallest absolute Gasteiger partial charge is 0.261 e. The minimum absolute atomic E-state index is 0.00933. The Bertz CT molecular complexity index is 635. The molecule has 5 nitrogen and oxygen atoms in total. The predicted molar refractivity (Wildman–Crippen MR) is 63.9 cm³/mol. The summed E-state index contributed by atoms with van der Waals surface area (Å²) in [6, 6.07) is 5.54. The first-order chi connectivity index (χ1) is 8.56. The molecule has 2 N–H and O–H groups in total. The highest BCUT2D eigenvalue weighted by Gasteiger charge is 2.10. The van der Waals surface area contributed by atoms with E-state index in [2.05, 4.69) is 15.3 Å². The van der Waals surface area contributed by atoms with Gasteiger partial charge in [0, 0.05) is 5.69 Å². The number of nitrogens with zero attached hydrogens (tertiary/aromatic N) is 1. The number of hydrogen-bond acceptors (Lipinski definition) is 3. The monoisotopic (exact) mass is 247 g/mol. The molecule has 0 aromatic carbocycles. The van der Waals surface area contributed by atoms with Crippen molar-refractivity contribution in [3.05, 3.63) is 58.0 Å². The number of rotatable bonds is 2. The summed E-state index contributed by atoms with van der Waals surface area (Å²) < 4.78 is 12.6. The van der Waals surface area contributed by atoms with Gasteiger partial charge in [0.15, 0.2) is 0 Å². The molecule has 0 saturated heterocycles. The molecule has 2 heterocycles. The van der Waals surface area contributed by atoms with E-state index >= 15 is 0 Å². The number of anilines is 1. The molecule has 0 fully saturated rings. The molecular formula is C12H10FN3O2. The van der Waals surface area contributed by atoms with Crippen molar-refractivity contribution in [3.8, 4) is 0 Å². The highest BCUT2D eigenvalue weighted by Crippen LogP contribution is 2.06. The Kier molecular flexibility index (Phi) is 3.18. The third kappa shape index (κ3) is 2.60. The summed E-state index contributed by atoms with van der Waals surface area (Å²) in [7, 11) is 0. The summed E-state index contributed by atoms with van der Waals surface area (Å²) in [5, 5.41) is 2.46. The van der Waals surface area contributed by atoms with Gasteiger partial charge in [-0.3, -0.25) is 9.59 Å². The molecule has 2 aromatic rings. The zero-order valence-electron chi connectivity index (χ0n) is 9.53. The molecule has 0 bridgehead atoms. The number of amides is 1. The minimum atomic E-state index is -0.638. The van der Waals surface area contributed by atoms with Gasteiger partial charge in [0.05, 0.1) is 11.9 Å². The molecule has 0 saturated carbocycles. The third-order valence-corrected chi connectivity index (χ3v) is 2.29. The van der Waals surface area contributed by atoms with Crippen molar-refractivity contribution in [1.82, 2.24) is 9.97 Å². The largest absolute Gasteiger partial charge is 0.326 e. The molecule has 0 aliphatic heterocycles. The van der Waals surface area contributed by atoms with Crippen molar-refractivity contribution >= 4 is 11.6 Å². The number of carbonyl (C=O) groups is 1. The van der Waals surface area contributed by atoms with E-state index in [0.717, 1.165) is 6.07 Å². The highest BCUT2D eigenvalue weighted by atomic mass is 19.1. The van der Waals surface area contributed by atoms with Crippen LogP contribution in [0.15, 0.2) is 35.3 Å². The standard InChI is InChI=1S/C12H10FN3O2/c1-7-2-4-9(11(17)15-7)12(18)16-8-3-5-10(13)14-6-8/h2-6H,1H3,(H,15,17)(H,16,18). The van der Waals surface area contributed by atoms with Crippen LogP contribution in [0.1, 0.15) is 16.1 Å². The Morgan fingerprint density at radius 3 is 2.72 bits per heavy atom. The number of hydrogen-bond donors (Lipinski definition) is 2. The maximum absolute atomic E-state index is 12.6. The second kappa shape index (κ2) is 4.79. The lowest BCUT2D eigenvalue weighted by Crippen LogP contribution is -2.23. The highest BCUT2D eigenvalue weighted by molar-refractivity contribution is 6.03. The number of aromatic amines is 1. The lowest BCUT2D eigenvalue weighted by Gasteiger charge is -2.04. The Hall–Kier alpha value is -2.50. The van der Waals surface area contributed by atoms with Crippen LogP contribution >= 0.6 is 0 Å². The van der Waals surface area contributed by atoms with Gasteiger partial charge < -0.3 is 10.3 Å². The Labute approximate surface area is 102 Å². The van der Waals surface area contributed by atoms with Crippen molar-refractivity contribution < 1.29 is 9.18 Å². The normalized spacial score (nSPS) is 10.1. The molecule has 2 rings (SSSR count). The molecule has 1 amide bonds. The number of pyridine rings is 2. The summed E-state index contributed by atoms with van der Waals surface area (Å²) in [5.74, 6) is -1.20. The van der Waals surface area contributed by atoms with Crippen molar-refractivity contribution in [3.63, 3.8) is 0 Å². The van der Waals surface area contributed by atoms with Gasteiger partial charge in [-0.1, -0.05) is 0 Å². The maximum atomic E-state index is 12.6. The number of aromatic nitrogens is 2. The number of aryl methyl sites for hydroxylation is 1. The topological polar surface area (TPSA) is 74.8 Å². The molecule has 0 radical (unpaired) electrons. The molecule has 2 aromatic heterocycles. The maximum Gasteiger partial charge on any atom is 0.261 e. The van der Waals surface area contributed by atoms with Crippen LogP contribution in [-0.2, 0) is 0 Å². The van der Waals surface area contributed by atoms with Crippen LogP contribution in [0, 0.1) is 12.9 Å². The second-order valence-electron chi connectivity index (χ2n) is 3.71. The fourth-order valence-corrected chi connectivity index (χ4v) is 1.40. The van der Waals surface area contributed by atoms with Crippen LogP contribution in [0.2, 0.25) is 0 Å². The van der Waals surface area contributed by atoms with Crippen LogP contribution in [-0.4, -0.2) is 15.9 Å². The Morgan fingerprint density at radius 2 is 2.11 bits per heavy atom. The number of carbonyl (C=O) groups excluding carboxylic acids is 1. The van der Waals surface area contributed by atoms with Gasteiger partial charge in [-0.2, -0.15) is 4.39 Å². The first kappa shape index (κ1) is 12.0. The summed E-state index contributed by atoms with van der Waals surface area (Å²) in [4.78, 5) is 29.2. The van der Waals surface area contributed by atoms with Gasteiger partial charge in [-0.15, -0.1) is 0 Å². The van der Waals surface area contributed by atoms with Crippen LogP contribution in [0.3, 0.4) is 0 Å². The quantitative estimate of drug-likeness (QED) is 0.789. The number of H-pyrrole nitrogens is 1. The van der Waals surface area contributed by atoms with E-state index in [-0.39, 0.29) is 5.56 Å². The predicted octanol–water partition coefficient (Wildman–Crippen LogP) is 1.47. The van der Waals surface area contributed by atoms with Gasteiger partial charge in [-0.05, 0) is 31.2 Å². The first-order valence-electron chi connectivity index (χ1n) is 5.19. The average molecular weight is 247 g/mol. The Morgan fingerprint density at radius 1 is 1.33 bits per heavy atom. The van der Waals surface area contributed by atoms with Crippen LogP contribution in [0.25, 0.3) is 0 Å². The van der Waals surface area contributed by atoms with E-state index in [4.69, 9.17) is 0 Å². The lowest BCUT2D eigenvalue weighted by atomic mass is 10.2. The fourth-order valence-electron chi connectivity index (χ4n) is 1.40. The molecule has 6 heteroatoms. The molecule has 0 spiro atoms. The Balaban J connectivity index is 2.22. The van der Waals surface area contributed by atoms with Gasteiger partial charge in [0.1, 0.15) is 5.56 Å². The van der Waals surface area contributed by atoms with E-state index in [1.54, 1.807) is 13.0 Å². The molecule has 0 unspecified atom stereocenters. The third-order valence-electron chi connectivity index (χ3n) is 2.29. The van der Waals surface area contributed by atoms with Gasteiger partial charge >= 0.3 is 0 Å². The van der Waals surface area contributed by atoms with Crippen molar-refractivity contribution in [2.24, 2.45) is 0 Å². The zero-order chi connectivity index (χ0) is 13.1. The van der Waals surface area contributed by atoms with E-state index in [1.807, 2.05) is 0 Å². The molecule has 92 valence electrons. The van der Waals surface area contributed by atoms with Crippen molar-refractivity contribution in [2.75, 3.05) is 5.32 Å². The van der Waals surface area contributed by atoms with Gasteiger partial charge in [0.2, 0.25) is 5.95 Å². The molecule has 0 aliphatic rings. The fraction of sp³-hybridized carbons (Fsp3) is 0.0833. The molecular weight excluding hydrogens is 237 g/mol. The second-order valence-corrected chi connectivity index (χ2v) is 3.71. The zero-order valence-corrected chi connectivity index (χ0v) is 9.53. The number of nitrogens with one attached hydrogen (secondary N) is 2. The minimum Gasteiger partial charge on any atom is -0.326 e. The summed E-state index contributed by atoms with van der Waals surface area (Å²) in [6.07, 6.45) is 1.18. The molecule has 0 aliphatic carbocycles. The van der Waals surface area contributed by atoms with E-state index in [1.165, 1.54) is 18.3 Å². The SMILES string of the molecule is Cc1ccc(C(=O)Nc2ccc(F)nc2)c(=O)[nH]1. The molecule has 18 heavy (non-hydrogen) atoms. The lowest BCUT2D eigenvalue weighted by molar-refractivity contribution is 0.102. The first-order valence-corrected chi connectivity index (χ1v) is 5.19. The van der Waals surface area contributed by atoms with E-state index < -0.39 is 17.4 Å². The van der Waals surface area contributed by atoms with Crippen molar-refractivity contribution in [2.45, 2.75) is 6.92 Å². The van der Waals surface area contributed by atoms with Crippen molar-refractivity contribution in [1.29, 1.82) is 0 Å². The van der Waals surface area contributed by atoms with Crippen LogP contribution < -0.4 is 10.9 Å². The van der Waals surface area contributed by atoms with Crippen LogP contribution in [0.4, 0.5) is 10.1 Å². The van der Waals surface area contributed by atoms with E-state index in [9.17, 15) is 14.0 Å². The average Bonchev–Trinajstić information content (AvgIpc) is 2.32. The van der Waals surface area contributed by atoms with Gasteiger partial charge in [-0.25, -0.2) is 4.98 Å². The molecule has 0 atom stereocenters.